The van der Waals surface area contributed by atoms with Gasteiger partial charge in [-0.05, 0) is 61.7 Å². The van der Waals surface area contributed by atoms with E-state index in [-0.39, 0.29) is 73.5 Å². The molecule has 0 unspecified atom stereocenters. The molecule has 2 aromatic carbocycles. The number of nitrogens with two attached hydrogens (primary N) is 1. The van der Waals surface area contributed by atoms with Crippen LogP contribution in [0.1, 0.15) is 43.7 Å². The van der Waals surface area contributed by atoms with Crippen molar-refractivity contribution in [2.24, 2.45) is 0 Å². The van der Waals surface area contributed by atoms with Crippen molar-refractivity contribution in [3.8, 4) is 29.1 Å². The Morgan fingerprint density at radius 2 is 2.06 bits per heavy atom. The number of halogens is 5. The van der Waals surface area contributed by atoms with Crippen LogP contribution in [0.25, 0.3) is 32.1 Å². The summed E-state index contributed by atoms with van der Waals surface area (Å²) in [5.74, 6) is -1.21. The average Bonchev–Trinajstić information content (AvgIpc) is 3.80. The third-order valence-corrected chi connectivity index (χ3v) is 11.0. The molecule has 3 aliphatic heterocycles. The molecular formula is C34H31F5N6O3S. The maximum absolute atomic E-state index is 14.9. The van der Waals surface area contributed by atoms with Crippen LogP contribution in [0.4, 0.5) is 27.0 Å². The number of thiophene rings is 1. The third kappa shape index (κ3) is 5.60. The quantitative estimate of drug-likeness (QED) is 0.169. The van der Waals surface area contributed by atoms with Gasteiger partial charge in [0, 0.05) is 31.3 Å². The summed E-state index contributed by atoms with van der Waals surface area (Å²) in [5, 5.41) is 9.69. The zero-order valence-electron chi connectivity index (χ0n) is 26.3. The van der Waals surface area contributed by atoms with Crippen molar-refractivity contribution in [1.29, 1.82) is 5.26 Å². The van der Waals surface area contributed by atoms with Crippen LogP contribution in [-0.4, -0.2) is 75.8 Å². The molecule has 0 saturated carbocycles. The first-order valence-electron chi connectivity index (χ1n) is 15.8. The molecule has 0 spiro atoms. The predicted octanol–water partition coefficient (Wildman–Crippen LogP) is 6.63. The van der Waals surface area contributed by atoms with Gasteiger partial charge in [-0.15, -0.1) is 11.3 Å². The van der Waals surface area contributed by atoms with Gasteiger partial charge < -0.3 is 20.1 Å². The Labute approximate surface area is 281 Å². The summed E-state index contributed by atoms with van der Waals surface area (Å²) in [6.07, 6.45) is -3.12. The number of alkyl halides is 4. The normalized spacial score (nSPS) is 24.0. The zero-order chi connectivity index (χ0) is 34.8. The van der Waals surface area contributed by atoms with Crippen molar-refractivity contribution in [3.05, 3.63) is 53.9 Å². The van der Waals surface area contributed by atoms with E-state index in [0.717, 1.165) is 36.4 Å². The van der Waals surface area contributed by atoms with Crippen LogP contribution in [0.15, 0.2) is 36.9 Å². The molecule has 15 heteroatoms. The molecule has 2 N–H and O–H groups in total. The number of benzene rings is 2. The Morgan fingerprint density at radius 1 is 1.27 bits per heavy atom. The van der Waals surface area contributed by atoms with Gasteiger partial charge in [-0.3, -0.25) is 9.69 Å². The lowest BCUT2D eigenvalue weighted by atomic mass is 9.93. The van der Waals surface area contributed by atoms with Gasteiger partial charge in [-0.25, -0.2) is 8.78 Å². The number of aromatic nitrogens is 2. The van der Waals surface area contributed by atoms with Crippen LogP contribution < -0.4 is 15.2 Å². The molecule has 4 atom stereocenters. The summed E-state index contributed by atoms with van der Waals surface area (Å²) < 4.78 is 86.3. The second-order valence-corrected chi connectivity index (χ2v) is 13.8. The largest absolute Gasteiger partial charge is 0.471 e. The molecule has 3 saturated heterocycles. The Kier molecular flexibility index (Phi) is 8.14. The number of nitriles is 1. The predicted molar refractivity (Wildman–Crippen MR) is 173 cm³/mol. The molecule has 5 heterocycles. The van der Waals surface area contributed by atoms with Gasteiger partial charge in [0.05, 0.1) is 38.3 Å². The lowest BCUT2D eigenvalue weighted by molar-refractivity contribution is -0.137. The Balaban J connectivity index is 1.39. The molecule has 4 aromatic rings. The van der Waals surface area contributed by atoms with Gasteiger partial charge in [-0.2, -0.15) is 28.4 Å². The van der Waals surface area contributed by atoms with Crippen molar-refractivity contribution >= 4 is 43.2 Å². The van der Waals surface area contributed by atoms with E-state index in [1.807, 2.05) is 11.0 Å². The monoisotopic (exact) mass is 698 g/mol. The van der Waals surface area contributed by atoms with E-state index >= 15 is 0 Å². The first kappa shape index (κ1) is 33.0. The minimum absolute atomic E-state index is 0.0238. The number of ether oxygens (including phenoxy) is 2. The molecule has 49 heavy (non-hydrogen) atoms. The van der Waals surface area contributed by atoms with Crippen LogP contribution in [-0.2, 0) is 11.0 Å². The fraction of sp³-hybridized carbons (Fsp3) is 0.412. The first-order chi connectivity index (χ1) is 23.3. The molecule has 0 aliphatic carbocycles. The highest BCUT2D eigenvalue weighted by molar-refractivity contribution is 7.23. The minimum Gasteiger partial charge on any atom is -0.471 e. The number of nitrogen functional groups attached to an aromatic ring is 1. The number of amides is 1. The number of hydrogen-bond acceptors (Lipinski definition) is 9. The number of carbonyl (C=O) groups is 1. The molecule has 2 aromatic heterocycles. The molecule has 3 fully saturated rings. The maximum Gasteiger partial charge on any atom is 0.417 e. The molecule has 9 nitrogen and oxygen atoms in total. The van der Waals surface area contributed by atoms with Crippen molar-refractivity contribution in [2.75, 3.05) is 32.0 Å². The first-order valence-corrected chi connectivity index (χ1v) is 16.6. The van der Waals surface area contributed by atoms with Crippen molar-refractivity contribution in [1.82, 2.24) is 19.8 Å². The number of anilines is 1. The Morgan fingerprint density at radius 3 is 2.80 bits per heavy atom. The number of hydrogen-bond donors (Lipinski definition) is 1. The molecule has 3 aliphatic rings. The summed E-state index contributed by atoms with van der Waals surface area (Å²) in [7, 11) is 0. The van der Waals surface area contributed by atoms with Crippen LogP contribution in [0.2, 0.25) is 0 Å². The average molecular weight is 699 g/mol. The van der Waals surface area contributed by atoms with E-state index < -0.39 is 41.4 Å². The Hall–Kier alpha value is -4.55. The van der Waals surface area contributed by atoms with Gasteiger partial charge in [0.25, 0.3) is 0 Å². The van der Waals surface area contributed by atoms with E-state index in [0.29, 0.717) is 25.9 Å². The lowest BCUT2D eigenvalue weighted by Gasteiger charge is -2.31. The maximum atomic E-state index is 14.9. The van der Waals surface area contributed by atoms with Gasteiger partial charge in [0.1, 0.15) is 35.8 Å². The third-order valence-electron chi connectivity index (χ3n) is 9.94. The summed E-state index contributed by atoms with van der Waals surface area (Å²) >= 11 is 0.777. The summed E-state index contributed by atoms with van der Waals surface area (Å²) in [5.41, 5.74) is 3.83. The van der Waals surface area contributed by atoms with Gasteiger partial charge in [-0.1, -0.05) is 12.6 Å². The molecular weight excluding hydrogens is 667 g/mol. The molecule has 0 bridgehead atoms. The second kappa shape index (κ2) is 12.1. The number of rotatable bonds is 7. The number of fused-ring (bicyclic) bond motifs is 3. The minimum atomic E-state index is -4.91. The van der Waals surface area contributed by atoms with Gasteiger partial charge in [0.2, 0.25) is 11.8 Å². The molecule has 7 rings (SSSR count). The summed E-state index contributed by atoms with van der Waals surface area (Å²) in [6, 6.07) is 5.56. The van der Waals surface area contributed by atoms with Crippen LogP contribution >= 0.6 is 11.3 Å². The summed E-state index contributed by atoms with van der Waals surface area (Å²) in [6.45, 7) is 6.72. The van der Waals surface area contributed by atoms with Crippen LogP contribution in [0.5, 0.6) is 11.9 Å². The van der Waals surface area contributed by atoms with E-state index in [1.165, 1.54) is 18.2 Å². The fourth-order valence-electron chi connectivity index (χ4n) is 7.55. The smallest absolute Gasteiger partial charge is 0.417 e. The summed E-state index contributed by atoms with van der Waals surface area (Å²) in [4.78, 5) is 24.9. The standard InChI is InChI=1S/C34H31F5N6O3S/c1-3-27(46)45-10-7-26(17(45)2)48-31-21-11-23(34(37,38)39)20(19-5-6-24(36)29-28(19)22(14-40)30(41)49-29)12-25(21)42-32(43-31)47-16-33-8-4-9-44(33)15-18(35)13-33/h3,5-6,11-12,17-18,26H,1,4,7-10,13,15-16,41H2,2H3/t17-,18-,26-,33+/m1/s1. The Bertz CT molecular complexity index is 2050. The van der Waals surface area contributed by atoms with Crippen molar-refractivity contribution in [3.63, 3.8) is 0 Å². The van der Waals surface area contributed by atoms with E-state index in [2.05, 4.69) is 16.5 Å². The highest BCUT2D eigenvalue weighted by atomic mass is 32.1. The van der Waals surface area contributed by atoms with Gasteiger partial charge >= 0.3 is 12.2 Å². The van der Waals surface area contributed by atoms with Crippen molar-refractivity contribution < 1.29 is 36.2 Å². The van der Waals surface area contributed by atoms with Crippen LogP contribution in [0.3, 0.4) is 0 Å². The molecule has 256 valence electrons. The number of likely N-dealkylation sites (tertiary alicyclic amines) is 1. The topological polar surface area (TPSA) is 118 Å². The SMILES string of the molecule is C=CC(=O)N1CC[C@@H](Oc2nc(OC[C@@]34CCCN3C[C@H](F)C4)nc3cc(-c4ccc(F)c5sc(N)c(C#N)c45)c(C(F)(F)F)cc23)[C@H]1C. The fourth-order valence-corrected chi connectivity index (χ4v) is 8.50. The van der Waals surface area contributed by atoms with Crippen LogP contribution in [0, 0.1) is 17.1 Å². The zero-order valence-corrected chi connectivity index (χ0v) is 27.1. The number of carbonyl (C=O) groups excluding carboxylic acids is 1. The lowest BCUT2D eigenvalue weighted by Crippen LogP contribution is -2.43. The van der Waals surface area contributed by atoms with E-state index in [4.69, 9.17) is 15.2 Å². The van der Waals surface area contributed by atoms with E-state index in [1.54, 1.807) is 11.8 Å². The molecule has 1 amide bonds. The highest BCUT2D eigenvalue weighted by Crippen LogP contribution is 2.47. The second-order valence-electron chi connectivity index (χ2n) is 12.8. The van der Waals surface area contributed by atoms with Gasteiger partial charge in [0.15, 0.2) is 0 Å². The highest BCUT2D eigenvalue weighted by Gasteiger charge is 2.49. The van der Waals surface area contributed by atoms with Crippen molar-refractivity contribution in [2.45, 2.75) is 62.6 Å². The number of nitrogens with zero attached hydrogens (tertiary/aromatic N) is 5. The van der Waals surface area contributed by atoms with E-state index in [9.17, 15) is 32.0 Å². The molecule has 0 radical (unpaired) electrons.